The Morgan fingerprint density at radius 1 is 1.57 bits per heavy atom. The molecule has 21 heavy (non-hydrogen) atoms. The molecule has 0 radical (unpaired) electrons. The Bertz CT molecular complexity index is 402. The quantitative estimate of drug-likeness (QED) is 0.373. The van der Waals surface area contributed by atoms with Crippen LogP contribution in [0.4, 0.5) is 0 Å². The number of guanidine groups is 1. The number of hydrogen-bond donors (Lipinski definition) is 3. The van der Waals surface area contributed by atoms with E-state index >= 15 is 0 Å². The van der Waals surface area contributed by atoms with E-state index in [0.717, 1.165) is 57.4 Å². The molecule has 1 fully saturated rings. The fraction of sp³-hybridized carbons (Fsp3) is 0.714. The van der Waals surface area contributed by atoms with Crippen LogP contribution in [0.5, 0.6) is 0 Å². The minimum atomic E-state index is 0.285. The maximum Gasteiger partial charge on any atom is 0.191 e. The van der Waals surface area contributed by atoms with Gasteiger partial charge in [-0.15, -0.1) is 0 Å². The standard InChI is InChI=1S/C14H25N5O2/c1-2-15-14(17-10-12-4-7-18-19-12)16-6-3-8-21-13-5-9-20-11-13/h4,7,13H,2-3,5-6,8-11H2,1H3,(H,18,19)(H2,15,16,17). The minimum absolute atomic E-state index is 0.285. The summed E-state index contributed by atoms with van der Waals surface area (Å²) in [5.74, 6) is 0.816. The van der Waals surface area contributed by atoms with Crippen LogP contribution in [-0.4, -0.2) is 55.2 Å². The Hall–Kier alpha value is -1.60. The van der Waals surface area contributed by atoms with Crippen LogP contribution < -0.4 is 10.6 Å². The van der Waals surface area contributed by atoms with Gasteiger partial charge in [-0.3, -0.25) is 5.10 Å². The number of hydrogen-bond acceptors (Lipinski definition) is 4. The molecule has 7 heteroatoms. The van der Waals surface area contributed by atoms with Crippen molar-refractivity contribution in [3.63, 3.8) is 0 Å². The Labute approximate surface area is 125 Å². The molecule has 118 valence electrons. The molecular formula is C14H25N5O2. The third-order valence-corrected chi connectivity index (χ3v) is 3.17. The van der Waals surface area contributed by atoms with Gasteiger partial charge in [0.05, 0.1) is 24.9 Å². The summed E-state index contributed by atoms with van der Waals surface area (Å²) in [4.78, 5) is 4.49. The lowest BCUT2D eigenvalue weighted by Crippen LogP contribution is -2.38. The third kappa shape index (κ3) is 6.14. The van der Waals surface area contributed by atoms with Crippen molar-refractivity contribution in [3.8, 4) is 0 Å². The second-order valence-electron chi connectivity index (χ2n) is 4.91. The second kappa shape index (κ2) is 9.36. The predicted molar refractivity (Wildman–Crippen MR) is 81.2 cm³/mol. The molecule has 1 atom stereocenters. The molecule has 7 nitrogen and oxygen atoms in total. The SMILES string of the molecule is CCNC(=NCc1ccn[nH]1)NCCCOC1CCOC1. The van der Waals surface area contributed by atoms with Gasteiger partial charge in [0.25, 0.3) is 0 Å². The van der Waals surface area contributed by atoms with Crippen molar-refractivity contribution in [3.05, 3.63) is 18.0 Å². The molecule has 0 bridgehead atoms. The van der Waals surface area contributed by atoms with Crippen LogP contribution in [-0.2, 0) is 16.0 Å². The van der Waals surface area contributed by atoms with Gasteiger partial charge < -0.3 is 20.1 Å². The molecule has 0 saturated carbocycles. The molecule has 1 aliphatic heterocycles. The molecule has 1 aromatic heterocycles. The topological polar surface area (TPSA) is 83.6 Å². The zero-order chi connectivity index (χ0) is 14.8. The Balaban J connectivity index is 1.61. The fourth-order valence-electron chi connectivity index (χ4n) is 2.05. The van der Waals surface area contributed by atoms with E-state index in [1.165, 1.54) is 0 Å². The Morgan fingerprint density at radius 3 is 3.24 bits per heavy atom. The summed E-state index contributed by atoms with van der Waals surface area (Å²) < 4.78 is 11.0. The Morgan fingerprint density at radius 2 is 2.52 bits per heavy atom. The van der Waals surface area contributed by atoms with Crippen LogP contribution in [0.25, 0.3) is 0 Å². The van der Waals surface area contributed by atoms with Crippen molar-refractivity contribution < 1.29 is 9.47 Å². The van der Waals surface area contributed by atoms with Gasteiger partial charge in [-0.25, -0.2) is 4.99 Å². The van der Waals surface area contributed by atoms with Crippen molar-refractivity contribution >= 4 is 5.96 Å². The van der Waals surface area contributed by atoms with Crippen LogP contribution in [0, 0.1) is 0 Å². The highest BCUT2D eigenvalue weighted by molar-refractivity contribution is 5.79. The van der Waals surface area contributed by atoms with E-state index in [0.29, 0.717) is 6.54 Å². The third-order valence-electron chi connectivity index (χ3n) is 3.17. The minimum Gasteiger partial charge on any atom is -0.379 e. The molecule has 2 heterocycles. The average molecular weight is 295 g/mol. The first-order valence-corrected chi connectivity index (χ1v) is 7.58. The summed E-state index contributed by atoms with van der Waals surface area (Å²) in [6, 6.07) is 1.92. The monoisotopic (exact) mass is 295 g/mol. The summed E-state index contributed by atoms with van der Waals surface area (Å²) in [5, 5.41) is 13.3. The fourth-order valence-corrected chi connectivity index (χ4v) is 2.05. The summed E-state index contributed by atoms with van der Waals surface area (Å²) in [5.41, 5.74) is 0.997. The molecule has 1 aliphatic rings. The van der Waals surface area contributed by atoms with Gasteiger partial charge in [0, 0.05) is 32.5 Å². The number of aromatic amines is 1. The van der Waals surface area contributed by atoms with Crippen LogP contribution in [0.2, 0.25) is 0 Å². The molecular weight excluding hydrogens is 270 g/mol. The lowest BCUT2D eigenvalue weighted by atomic mass is 10.3. The zero-order valence-corrected chi connectivity index (χ0v) is 12.6. The number of nitrogens with one attached hydrogen (secondary N) is 3. The molecule has 3 N–H and O–H groups in total. The summed E-state index contributed by atoms with van der Waals surface area (Å²) >= 11 is 0. The zero-order valence-electron chi connectivity index (χ0n) is 12.6. The van der Waals surface area contributed by atoms with Crippen molar-refractivity contribution in [1.29, 1.82) is 0 Å². The summed E-state index contributed by atoms with van der Waals surface area (Å²) in [6.07, 6.45) is 3.98. The lowest BCUT2D eigenvalue weighted by Gasteiger charge is -2.12. The molecule has 0 amide bonds. The van der Waals surface area contributed by atoms with E-state index in [4.69, 9.17) is 9.47 Å². The van der Waals surface area contributed by atoms with Crippen molar-refractivity contribution in [2.24, 2.45) is 4.99 Å². The van der Waals surface area contributed by atoms with E-state index < -0.39 is 0 Å². The van der Waals surface area contributed by atoms with Crippen LogP contribution in [0.1, 0.15) is 25.5 Å². The van der Waals surface area contributed by atoms with E-state index in [9.17, 15) is 0 Å². The molecule has 0 spiro atoms. The number of aromatic nitrogens is 2. The van der Waals surface area contributed by atoms with Crippen LogP contribution >= 0.6 is 0 Å². The van der Waals surface area contributed by atoms with Gasteiger partial charge in [-0.05, 0) is 25.8 Å². The van der Waals surface area contributed by atoms with E-state index in [-0.39, 0.29) is 6.10 Å². The largest absolute Gasteiger partial charge is 0.379 e. The molecule has 1 saturated heterocycles. The molecule has 0 aromatic carbocycles. The second-order valence-corrected chi connectivity index (χ2v) is 4.91. The summed E-state index contributed by atoms with van der Waals surface area (Å²) in [7, 11) is 0. The van der Waals surface area contributed by atoms with Crippen LogP contribution in [0.15, 0.2) is 17.3 Å². The molecule has 1 unspecified atom stereocenters. The predicted octanol–water partition coefficient (Wildman–Crippen LogP) is 0.660. The normalized spacial score (nSPS) is 18.9. The molecule has 0 aliphatic carbocycles. The van der Waals surface area contributed by atoms with Crippen molar-refractivity contribution in [2.45, 2.75) is 32.4 Å². The van der Waals surface area contributed by atoms with Crippen molar-refractivity contribution in [2.75, 3.05) is 32.9 Å². The van der Waals surface area contributed by atoms with Gasteiger partial charge in [0.1, 0.15) is 0 Å². The Kier molecular flexibility index (Phi) is 7.03. The smallest absolute Gasteiger partial charge is 0.191 e. The first kappa shape index (κ1) is 15.8. The van der Waals surface area contributed by atoms with Gasteiger partial charge >= 0.3 is 0 Å². The van der Waals surface area contributed by atoms with Crippen LogP contribution in [0.3, 0.4) is 0 Å². The maximum atomic E-state index is 5.73. The molecule has 2 rings (SSSR count). The van der Waals surface area contributed by atoms with Gasteiger partial charge in [-0.1, -0.05) is 0 Å². The maximum absolute atomic E-state index is 5.73. The summed E-state index contributed by atoms with van der Waals surface area (Å²) in [6.45, 7) is 6.63. The van der Waals surface area contributed by atoms with E-state index in [1.54, 1.807) is 6.20 Å². The number of ether oxygens (including phenoxy) is 2. The van der Waals surface area contributed by atoms with Gasteiger partial charge in [0.15, 0.2) is 5.96 Å². The number of aliphatic imine (C=N–C) groups is 1. The molecule has 1 aromatic rings. The number of rotatable bonds is 8. The van der Waals surface area contributed by atoms with E-state index in [2.05, 4.69) is 32.7 Å². The van der Waals surface area contributed by atoms with Gasteiger partial charge in [0.2, 0.25) is 0 Å². The highest BCUT2D eigenvalue weighted by Crippen LogP contribution is 2.07. The first-order valence-electron chi connectivity index (χ1n) is 7.58. The first-order chi connectivity index (χ1) is 10.4. The number of nitrogens with zero attached hydrogens (tertiary/aromatic N) is 2. The average Bonchev–Trinajstić information content (AvgIpc) is 3.17. The number of H-pyrrole nitrogens is 1. The highest BCUT2D eigenvalue weighted by Gasteiger charge is 2.15. The van der Waals surface area contributed by atoms with Crippen molar-refractivity contribution in [1.82, 2.24) is 20.8 Å². The van der Waals surface area contributed by atoms with E-state index in [1.807, 2.05) is 6.07 Å². The highest BCUT2D eigenvalue weighted by atomic mass is 16.5. The van der Waals surface area contributed by atoms with Gasteiger partial charge in [-0.2, -0.15) is 5.10 Å². The lowest BCUT2D eigenvalue weighted by molar-refractivity contribution is 0.0420.